The third-order valence-electron chi connectivity index (χ3n) is 11.0. The van der Waals surface area contributed by atoms with Crippen LogP contribution in [0.3, 0.4) is 0 Å². The second-order valence-electron chi connectivity index (χ2n) is 12.6. The Balaban J connectivity index is 1.52. The standard InChI is InChI=1S/C29H44O4/c1-7-29(33-32,18(2)3)15-10-19(4)22-8-9-23-21-17-26(31)25-16-20(30)11-13-28(25,6)24(21)12-14-27(22,23)5/h7,16,18-19,21-24,32H,1,8-15,17H2,2-6H3/t19-,21+,22-,23+,24+,27-,28-,29?/m1/s1. The zero-order valence-electron chi connectivity index (χ0n) is 21.4. The van der Waals surface area contributed by atoms with E-state index >= 15 is 0 Å². The summed E-state index contributed by atoms with van der Waals surface area (Å²) in [5, 5.41) is 9.62. The van der Waals surface area contributed by atoms with E-state index in [0.29, 0.717) is 42.4 Å². The van der Waals surface area contributed by atoms with Crippen LogP contribution >= 0.6 is 0 Å². The smallest absolute Gasteiger partial charge is 0.159 e. The summed E-state index contributed by atoms with van der Waals surface area (Å²) in [6.07, 6.45) is 12.1. The fraction of sp³-hybridized carbons (Fsp3) is 0.793. The molecule has 0 saturated heterocycles. The Morgan fingerprint density at radius 2 is 1.91 bits per heavy atom. The molecule has 4 nitrogen and oxygen atoms in total. The van der Waals surface area contributed by atoms with E-state index in [9.17, 15) is 14.8 Å². The second-order valence-corrected chi connectivity index (χ2v) is 12.6. The number of hydrogen-bond donors (Lipinski definition) is 1. The molecule has 4 aliphatic rings. The lowest BCUT2D eigenvalue weighted by Crippen LogP contribution is -2.53. The van der Waals surface area contributed by atoms with Gasteiger partial charge in [0.05, 0.1) is 0 Å². The Labute approximate surface area is 200 Å². The minimum Gasteiger partial charge on any atom is -0.295 e. The Hall–Kier alpha value is -1.26. The minimum absolute atomic E-state index is 0.113. The van der Waals surface area contributed by atoms with Crippen molar-refractivity contribution in [2.24, 2.45) is 46.3 Å². The average molecular weight is 457 g/mol. The number of carbonyl (C=O) groups excluding carboxylic acids is 2. The molecule has 0 radical (unpaired) electrons. The van der Waals surface area contributed by atoms with Crippen molar-refractivity contribution in [2.45, 2.75) is 98.0 Å². The number of ketones is 2. The van der Waals surface area contributed by atoms with Crippen LogP contribution < -0.4 is 0 Å². The van der Waals surface area contributed by atoms with Crippen LogP contribution in [0.4, 0.5) is 0 Å². The molecule has 3 saturated carbocycles. The van der Waals surface area contributed by atoms with E-state index in [1.165, 1.54) is 25.7 Å². The fourth-order valence-electron chi connectivity index (χ4n) is 8.83. The van der Waals surface area contributed by atoms with Gasteiger partial charge in [-0.2, -0.15) is 0 Å². The van der Waals surface area contributed by atoms with Crippen molar-refractivity contribution in [3.63, 3.8) is 0 Å². The molecule has 184 valence electrons. The zero-order valence-corrected chi connectivity index (χ0v) is 21.4. The van der Waals surface area contributed by atoms with Crippen molar-refractivity contribution in [2.75, 3.05) is 0 Å². The molecule has 0 aromatic heterocycles. The lowest BCUT2D eigenvalue weighted by atomic mass is 9.46. The topological polar surface area (TPSA) is 63.6 Å². The van der Waals surface area contributed by atoms with Crippen LogP contribution in [0.2, 0.25) is 0 Å². The van der Waals surface area contributed by atoms with E-state index in [-0.39, 0.29) is 28.3 Å². The van der Waals surface area contributed by atoms with Crippen LogP contribution in [0.5, 0.6) is 0 Å². The van der Waals surface area contributed by atoms with Gasteiger partial charge in [-0.25, -0.2) is 4.89 Å². The molecule has 4 rings (SSSR count). The third-order valence-corrected chi connectivity index (χ3v) is 11.0. The molecule has 1 N–H and O–H groups in total. The maximum absolute atomic E-state index is 13.2. The van der Waals surface area contributed by atoms with Gasteiger partial charge < -0.3 is 0 Å². The van der Waals surface area contributed by atoms with Crippen molar-refractivity contribution in [1.29, 1.82) is 0 Å². The summed E-state index contributed by atoms with van der Waals surface area (Å²) < 4.78 is 0. The Bertz CT molecular complexity index is 843. The van der Waals surface area contributed by atoms with Gasteiger partial charge in [0.2, 0.25) is 0 Å². The lowest BCUT2D eigenvalue weighted by molar-refractivity contribution is -0.321. The van der Waals surface area contributed by atoms with E-state index in [1.807, 2.05) is 0 Å². The average Bonchev–Trinajstić information content (AvgIpc) is 3.13. The molecule has 33 heavy (non-hydrogen) atoms. The van der Waals surface area contributed by atoms with Gasteiger partial charge in [-0.3, -0.25) is 14.8 Å². The summed E-state index contributed by atoms with van der Waals surface area (Å²) in [5.41, 5.74) is 0.302. The van der Waals surface area contributed by atoms with Gasteiger partial charge in [0.1, 0.15) is 5.60 Å². The second kappa shape index (κ2) is 8.75. The molecule has 1 unspecified atom stereocenters. The monoisotopic (exact) mass is 456 g/mol. The predicted molar refractivity (Wildman–Crippen MR) is 130 cm³/mol. The molecule has 0 aromatic rings. The number of carbonyl (C=O) groups is 2. The van der Waals surface area contributed by atoms with Crippen LogP contribution in [0.15, 0.2) is 24.3 Å². The molecule has 4 aliphatic carbocycles. The molecule has 4 heteroatoms. The molecule has 3 fully saturated rings. The maximum Gasteiger partial charge on any atom is 0.159 e. The number of hydrogen-bond acceptors (Lipinski definition) is 4. The minimum atomic E-state index is -0.684. The highest BCUT2D eigenvalue weighted by Crippen LogP contribution is 2.67. The Kier molecular flexibility index (Phi) is 6.59. The summed E-state index contributed by atoms with van der Waals surface area (Å²) in [4.78, 5) is 30.3. The predicted octanol–water partition coefficient (Wildman–Crippen LogP) is 6.80. The highest BCUT2D eigenvalue weighted by Gasteiger charge is 2.61. The van der Waals surface area contributed by atoms with Crippen LogP contribution in [-0.4, -0.2) is 22.4 Å². The number of fused-ring (bicyclic) bond motifs is 5. The first kappa shape index (κ1) is 24.9. The molecule has 0 aliphatic heterocycles. The number of rotatable bonds is 7. The van der Waals surface area contributed by atoms with Crippen LogP contribution in [-0.2, 0) is 14.5 Å². The van der Waals surface area contributed by atoms with E-state index < -0.39 is 5.60 Å². The van der Waals surface area contributed by atoms with Gasteiger partial charge in [0.25, 0.3) is 0 Å². The summed E-state index contributed by atoms with van der Waals surface area (Å²) in [6.45, 7) is 15.2. The zero-order chi connectivity index (χ0) is 24.2. The van der Waals surface area contributed by atoms with E-state index in [0.717, 1.165) is 24.8 Å². The van der Waals surface area contributed by atoms with Crippen molar-refractivity contribution in [1.82, 2.24) is 0 Å². The molecular weight excluding hydrogens is 412 g/mol. The van der Waals surface area contributed by atoms with Crippen LogP contribution in [0, 0.1) is 46.3 Å². The van der Waals surface area contributed by atoms with Gasteiger partial charge in [-0.1, -0.05) is 40.7 Å². The Morgan fingerprint density at radius 3 is 2.55 bits per heavy atom. The quantitative estimate of drug-likeness (QED) is 0.260. The van der Waals surface area contributed by atoms with Gasteiger partial charge in [-0.05, 0) is 97.4 Å². The van der Waals surface area contributed by atoms with Gasteiger partial charge in [0, 0.05) is 18.4 Å². The highest BCUT2D eigenvalue weighted by molar-refractivity contribution is 6.05. The normalized spacial score (nSPS) is 41.0. The molecule has 0 bridgehead atoms. The number of allylic oxidation sites excluding steroid dienone is 1. The number of Topliss-reactive ketones (excluding diaryl/α,β-unsaturated/α-hetero) is 1. The van der Waals surface area contributed by atoms with Crippen molar-refractivity contribution < 1.29 is 19.7 Å². The third kappa shape index (κ3) is 3.80. The van der Waals surface area contributed by atoms with Crippen LogP contribution in [0.1, 0.15) is 92.4 Å². The molecular formula is C29H44O4. The first-order valence-corrected chi connectivity index (χ1v) is 13.3. The Morgan fingerprint density at radius 1 is 1.18 bits per heavy atom. The molecule has 8 atom stereocenters. The molecule has 0 aromatic carbocycles. The molecule has 0 spiro atoms. The fourth-order valence-corrected chi connectivity index (χ4v) is 8.83. The summed E-state index contributed by atoms with van der Waals surface area (Å²) in [5.74, 6) is 3.26. The summed E-state index contributed by atoms with van der Waals surface area (Å²) in [7, 11) is 0. The van der Waals surface area contributed by atoms with E-state index in [2.05, 4.69) is 41.2 Å². The van der Waals surface area contributed by atoms with E-state index in [4.69, 9.17) is 4.89 Å². The van der Waals surface area contributed by atoms with Crippen molar-refractivity contribution in [3.05, 3.63) is 24.3 Å². The van der Waals surface area contributed by atoms with E-state index in [1.54, 1.807) is 12.2 Å². The SMILES string of the molecule is C=CC(CC[C@@H](C)[C@H]1CC[C@H]2[C@@H]3CC(=O)C4=CC(=O)CC[C@]4(C)[C@H]3CC[C@]12C)(OO)C(C)C. The van der Waals surface area contributed by atoms with Crippen molar-refractivity contribution >= 4 is 11.6 Å². The maximum atomic E-state index is 13.2. The summed E-state index contributed by atoms with van der Waals surface area (Å²) in [6, 6.07) is 0. The largest absolute Gasteiger partial charge is 0.295 e. The van der Waals surface area contributed by atoms with Gasteiger partial charge in [-0.15, -0.1) is 6.58 Å². The summed E-state index contributed by atoms with van der Waals surface area (Å²) >= 11 is 0. The molecule has 0 amide bonds. The van der Waals surface area contributed by atoms with Gasteiger partial charge >= 0.3 is 0 Å². The van der Waals surface area contributed by atoms with Gasteiger partial charge in [0.15, 0.2) is 11.6 Å². The molecule has 0 heterocycles. The van der Waals surface area contributed by atoms with Crippen LogP contribution in [0.25, 0.3) is 0 Å². The first-order valence-electron chi connectivity index (χ1n) is 13.3. The van der Waals surface area contributed by atoms with Crippen molar-refractivity contribution in [3.8, 4) is 0 Å². The highest BCUT2D eigenvalue weighted by atomic mass is 17.1. The first-order chi connectivity index (χ1) is 15.5. The lowest BCUT2D eigenvalue weighted by Gasteiger charge is -2.58.